The zero-order valence-corrected chi connectivity index (χ0v) is 15.6. The molecule has 0 spiro atoms. The lowest BCUT2D eigenvalue weighted by atomic mass is 10.2. The van der Waals surface area contributed by atoms with Gasteiger partial charge in [0.2, 0.25) is 5.91 Å². The largest absolute Gasteiger partial charge is 0.312 e. The molecule has 136 valence electrons. The predicted molar refractivity (Wildman–Crippen MR) is 102 cm³/mol. The lowest BCUT2D eigenvalue weighted by Crippen LogP contribution is -2.31. The molecular formula is C20H22N2O3S. The number of carbonyl (C=O) groups excluding carboxylic acids is 1. The number of nitrogens with zero attached hydrogens (tertiary/aromatic N) is 2. The molecule has 1 fully saturated rings. The van der Waals surface area contributed by atoms with Crippen LogP contribution in [0.3, 0.4) is 0 Å². The van der Waals surface area contributed by atoms with Crippen molar-refractivity contribution in [3.05, 3.63) is 54.1 Å². The van der Waals surface area contributed by atoms with Crippen LogP contribution >= 0.6 is 0 Å². The number of hydrogen-bond acceptors (Lipinski definition) is 3. The van der Waals surface area contributed by atoms with Crippen molar-refractivity contribution >= 4 is 27.3 Å². The van der Waals surface area contributed by atoms with E-state index in [1.54, 1.807) is 30.3 Å². The Morgan fingerprint density at radius 1 is 1.15 bits per heavy atom. The Bertz CT molecular complexity index is 937. The minimum Gasteiger partial charge on any atom is -0.312 e. The van der Waals surface area contributed by atoms with Crippen molar-refractivity contribution in [2.75, 3.05) is 22.3 Å². The molecule has 2 aromatic carbocycles. The van der Waals surface area contributed by atoms with Gasteiger partial charge in [0.1, 0.15) is 0 Å². The average molecular weight is 370 g/mol. The monoisotopic (exact) mass is 370 g/mol. The van der Waals surface area contributed by atoms with Crippen LogP contribution in [-0.4, -0.2) is 27.4 Å². The van der Waals surface area contributed by atoms with E-state index in [1.165, 1.54) is 4.31 Å². The number of rotatable bonds is 5. The molecule has 6 heteroatoms. The van der Waals surface area contributed by atoms with Crippen LogP contribution in [0.1, 0.15) is 25.3 Å². The van der Waals surface area contributed by atoms with E-state index in [0.29, 0.717) is 25.2 Å². The van der Waals surface area contributed by atoms with Crippen LogP contribution in [0.4, 0.5) is 11.4 Å². The van der Waals surface area contributed by atoms with E-state index in [9.17, 15) is 13.2 Å². The van der Waals surface area contributed by atoms with Gasteiger partial charge < -0.3 is 4.90 Å². The van der Waals surface area contributed by atoms with Crippen molar-refractivity contribution in [2.45, 2.75) is 31.1 Å². The second-order valence-corrected chi connectivity index (χ2v) is 8.67. The Balaban J connectivity index is 1.67. The lowest BCUT2D eigenvalue weighted by molar-refractivity contribution is -0.119. The van der Waals surface area contributed by atoms with Gasteiger partial charge >= 0.3 is 0 Å². The number of sulfonamides is 1. The average Bonchev–Trinajstić information content (AvgIpc) is 3.41. The summed E-state index contributed by atoms with van der Waals surface area (Å²) >= 11 is 0. The summed E-state index contributed by atoms with van der Waals surface area (Å²) in [4.78, 5) is 14.5. The fourth-order valence-electron chi connectivity index (χ4n) is 3.53. The van der Waals surface area contributed by atoms with Crippen molar-refractivity contribution in [3.8, 4) is 0 Å². The van der Waals surface area contributed by atoms with Crippen LogP contribution in [0.25, 0.3) is 0 Å². The highest BCUT2D eigenvalue weighted by Gasteiger charge is 2.37. The zero-order chi connectivity index (χ0) is 18.3. The van der Waals surface area contributed by atoms with Gasteiger partial charge in [-0.05, 0) is 62.1 Å². The van der Waals surface area contributed by atoms with Gasteiger partial charge in [0.05, 0.1) is 10.6 Å². The number of fused-ring (bicyclic) bond motifs is 1. The highest BCUT2D eigenvalue weighted by molar-refractivity contribution is 7.92. The molecular weight excluding hydrogens is 348 g/mol. The minimum atomic E-state index is -3.64. The lowest BCUT2D eigenvalue weighted by Gasteiger charge is -2.23. The maximum absolute atomic E-state index is 13.1. The molecule has 0 atom stereocenters. The molecule has 1 amide bonds. The van der Waals surface area contributed by atoms with E-state index >= 15 is 0 Å². The number of hydrogen-bond donors (Lipinski definition) is 0. The SMILES string of the molecule is CCN(c1ccccc1)S(=O)(=O)c1ccc2c(c1)CCN2C(=O)C1CC1. The van der Waals surface area contributed by atoms with Crippen LogP contribution in [-0.2, 0) is 21.2 Å². The summed E-state index contributed by atoms with van der Waals surface area (Å²) in [6.45, 7) is 2.83. The summed E-state index contributed by atoms with van der Waals surface area (Å²) < 4.78 is 27.7. The van der Waals surface area contributed by atoms with Crippen LogP contribution in [0, 0.1) is 5.92 Å². The van der Waals surface area contributed by atoms with Crippen LogP contribution in [0.2, 0.25) is 0 Å². The van der Waals surface area contributed by atoms with Crippen LogP contribution in [0.5, 0.6) is 0 Å². The first kappa shape index (κ1) is 17.1. The van der Waals surface area contributed by atoms with E-state index in [2.05, 4.69) is 0 Å². The highest BCUT2D eigenvalue weighted by atomic mass is 32.2. The number of amides is 1. The van der Waals surface area contributed by atoms with Crippen molar-refractivity contribution in [2.24, 2.45) is 5.92 Å². The second-order valence-electron chi connectivity index (χ2n) is 6.81. The first-order valence-corrected chi connectivity index (χ1v) is 10.5. The van der Waals surface area contributed by atoms with Crippen molar-refractivity contribution < 1.29 is 13.2 Å². The molecule has 0 unspecified atom stereocenters. The van der Waals surface area contributed by atoms with E-state index in [1.807, 2.05) is 30.0 Å². The molecule has 0 aromatic heterocycles. The van der Waals surface area contributed by atoms with Gasteiger partial charge in [-0.3, -0.25) is 9.10 Å². The minimum absolute atomic E-state index is 0.165. The molecule has 1 saturated carbocycles. The molecule has 2 aromatic rings. The van der Waals surface area contributed by atoms with E-state index in [-0.39, 0.29) is 16.7 Å². The number of benzene rings is 2. The Hall–Kier alpha value is -2.34. The Labute approximate surface area is 154 Å². The standard InChI is InChI=1S/C20H22N2O3S/c1-2-22(17-6-4-3-5-7-17)26(24,25)18-10-11-19-16(14-18)12-13-21(19)20(23)15-8-9-15/h3-7,10-11,14-15H,2,8-9,12-13H2,1H3. The predicted octanol–water partition coefficient (Wildman–Crippen LogP) is 3.20. The summed E-state index contributed by atoms with van der Waals surface area (Å²) in [5.41, 5.74) is 2.45. The molecule has 4 rings (SSSR count). The normalized spacial score (nSPS) is 16.4. The van der Waals surface area contributed by atoms with Gasteiger partial charge in [-0.2, -0.15) is 0 Å². The molecule has 0 N–H and O–H groups in total. The number of para-hydroxylation sites is 1. The van der Waals surface area contributed by atoms with Gasteiger partial charge in [0.15, 0.2) is 0 Å². The number of carbonyl (C=O) groups is 1. The summed E-state index contributed by atoms with van der Waals surface area (Å²) in [6.07, 6.45) is 2.65. The summed E-state index contributed by atoms with van der Waals surface area (Å²) in [6, 6.07) is 14.3. The van der Waals surface area contributed by atoms with Gasteiger partial charge in [-0.1, -0.05) is 18.2 Å². The van der Waals surface area contributed by atoms with Crippen LogP contribution < -0.4 is 9.21 Å². The second kappa shape index (κ2) is 6.43. The first-order chi connectivity index (χ1) is 12.5. The highest BCUT2D eigenvalue weighted by Crippen LogP contribution is 2.37. The molecule has 1 heterocycles. The molecule has 2 aliphatic rings. The third-order valence-corrected chi connectivity index (χ3v) is 6.96. The third-order valence-electron chi connectivity index (χ3n) is 5.06. The van der Waals surface area contributed by atoms with Crippen LogP contribution in [0.15, 0.2) is 53.4 Å². The van der Waals surface area contributed by atoms with Gasteiger partial charge in [-0.25, -0.2) is 8.42 Å². The molecule has 0 saturated heterocycles. The van der Waals surface area contributed by atoms with E-state index in [0.717, 1.165) is 24.1 Å². The van der Waals surface area contributed by atoms with Crippen molar-refractivity contribution in [3.63, 3.8) is 0 Å². The summed E-state index contributed by atoms with van der Waals surface area (Å²) in [5.74, 6) is 0.344. The molecule has 0 radical (unpaired) electrons. The van der Waals surface area contributed by atoms with Crippen molar-refractivity contribution in [1.82, 2.24) is 0 Å². The van der Waals surface area contributed by atoms with E-state index in [4.69, 9.17) is 0 Å². The number of anilines is 2. The molecule has 0 bridgehead atoms. The Morgan fingerprint density at radius 3 is 2.54 bits per heavy atom. The topological polar surface area (TPSA) is 57.7 Å². The maximum Gasteiger partial charge on any atom is 0.264 e. The molecule has 1 aliphatic heterocycles. The fourth-order valence-corrected chi connectivity index (χ4v) is 5.06. The molecule has 1 aliphatic carbocycles. The smallest absolute Gasteiger partial charge is 0.264 e. The molecule has 26 heavy (non-hydrogen) atoms. The fraction of sp³-hybridized carbons (Fsp3) is 0.350. The summed E-state index contributed by atoms with van der Waals surface area (Å²) in [5, 5.41) is 0. The van der Waals surface area contributed by atoms with E-state index < -0.39 is 10.0 Å². The quantitative estimate of drug-likeness (QED) is 0.812. The zero-order valence-electron chi connectivity index (χ0n) is 14.8. The van der Waals surface area contributed by atoms with Crippen molar-refractivity contribution in [1.29, 1.82) is 0 Å². The van der Waals surface area contributed by atoms with Gasteiger partial charge in [0.25, 0.3) is 10.0 Å². The molecule has 5 nitrogen and oxygen atoms in total. The Kier molecular flexibility index (Phi) is 4.23. The third kappa shape index (κ3) is 2.88. The Morgan fingerprint density at radius 2 is 1.88 bits per heavy atom. The van der Waals surface area contributed by atoms with Gasteiger partial charge in [0, 0.05) is 24.7 Å². The first-order valence-electron chi connectivity index (χ1n) is 9.04. The van der Waals surface area contributed by atoms with Gasteiger partial charge in [-0.15, -0.1) is 0 Å². The maximum atomic E-state index is 13.1. The summed E-state index contributed by atoms with van der Waals surface area (Å²) in [7, 11) is -3.64.